The van der Waals surface area contributed by atoms with Gasteiger partial charge in [0, 0.05) is 11.3 Å². The highest BCUT2D eigenvalue weighted by atomic mass is 16.3. The fraction of sp³-hybridized carbons (Fsp3) is 0.500. The lowest BCUT2D eigenvalue weighted by Gasteiger charge is -2.33. The van der Waals surface area contributed by atoms with Crippen LogP contribution in [-0.4, -0.2) is 0 Å². The van der Waals surface area contributed by atoms with Crippen molar-refractivity contribution in [2.45, 2.75) is 45.4 Å². The SMILES string of the molecule is CC1(C)CCC(c2cc3ccccc3o2)CC1. The Bertz CT molecular complexity index is 478. The molecule has 90 valence electrons. The van der Waals surface area contributed by atoms with Gasteiger partial charge in [0.2, 0.25) is 0 Å². The van der Waals surface area contributed by atoms with Crippen molar-refractivity contribution >= 4 is 11.0 Å². The summed E-state index contributed by atoms with van der Waals surface area (Å²) in [6.45, 7) is 4.75. The molecule has 1 heteroatoms. The maximum Gasteiger partial charge on any atom is 0.134 e. The Morgan fingerprint density at radius 3 is 2.53 bits per heavy atom. The molecule has 1 heterocycles. The zero-order valence-corrected chi connectivity index (χ0v) is 10.7. The molecule has 0 unspecified atom stereocenters. The molecule has 0 N–H and O–H groups in total. The molecule has 0 bridgehead atoms. The third kappa shape index (κ3) is 2.11. The molecule has 1 aromatic carbocycles. The van der Waals surface area contributed by atoms with Gasteiger partial charge in [-0.1, -0.05) is 32.0 Å². The molecule has 1 nitrogen and oxygen atoms in total. The molecule has 0 saturated heterocycles. The van der Waals surface area contributed by atoms with E-state index in [1.54, 1.807) is 0 Å². The first kappa shape index (κ1) is 10.9. The smallest absolute Gasteiger partial charge is 0.134 e. The monoisotopic (exact) mass is 228 g/mol. The Labute approximate surface area is 103 Å². The highest BCUT2D eigenvalue weighted by Crippen LogP contribution is 2.43. The van der Waals surface area contributed by atoms with E-state index in [2.05, 4.69) is 38.1 Å². The molecule has 2 aromatic rings. The van der Waals surface area contributed by atoms with E-state index in [-0.39, 0.29) is 0 Å². The van der Waals surface area contributed by atoms with Gasteiger partial charge in [-0.3, -0.25) is 0 Å². The second-order valence-corrected chi connectivity index (χ2v) is 6.13. The lowest BCUT2D eigenvalue weighted by atomic mass is 9.72. The van der Waals surface area contributed by atoms with E-state index in [9.17, 15) is 0 Å². The fourth-order valence-corrected chi connectivity index (χ4v) is 2.89. The van der Waals surface area contributed by atoms with Crippen molar-refractivity contribution in [3.63, 3.8) is 0 Å². The minimum atomic E-state index is 0.530. The van der Waals surface area contributed by atoms with Crippen LogP contribution in [0.2, 0.25) is 0 Å². The van der Waals surface area contributed by atoms with E-state index in [1.165, 1.54) is 36.8 Å². The van der Waals surface area contributed by atoms with E-state index in [4.69, 9.17) is 4.42 Å². The van der Waals surface area contributed by atoms with Crippen LogP contribution >= 0.6 is 0 Å². The van der Waals surface area contributed by atoms with Crippen LogP contribution in [0.4, 0.5) is 0 Å². The fourth-order valence-electron chi connectivity index (χ4n) is 2.89. The summed E-state index contributed by atoms with van der Waals surface area (Å²) in [7, 11) is 0. The molecular formula is C16H20O. The molecule has 17 heavy (non-hydrogen) atoms. The van der Waals surface area contributed by atoms with Crippen LogP contribution in [0.3, 0.4) is 0 Å². The highest BCUT2D eigenvalue weighted by molar-refractivity contribution is 5.77. The van der Waals surface area contributed by atoms with Gasteiger partial charge in [0.15, 0.2) is 0 Å². The molecule has 0 atom stereocenters. The summed E-state index contributed by atoms with van der Waals surface area (Å²) in [6.07, 6.45) is 5.17. The van der Waals surface area contributed by atoms with Gasteiger partial charge in [-0.15, -0.1) is 0 Å². The minimum Gasteiger partial charge on any atom is -0.461 e. The van der Waals surface area contributed by atoms with Gasteiger partial charge in [-0.25, -0.2) is 0 Å². The van der Waals surface area contributed by atoms with Gasteiger partial charge in [-0.05, 0) is 43.2 Å². The largest absolute Gasteiger partial charge is 0.461 e. The maximum atomic E-state index is 5.98. The van der Waals surface area contributed by atoms with E-state index in [1.807, 2.05) is 6.07 Å². The van der Waals surface area contributed by atoms with Crippen molar-refractivity contribution in [2.24, 2.45) is 5.41 Å². The zero-order chi connectivity index (χ0) is 11.9. The highest BCUT2D eigenvalue weighted by Gasteiger charge is 2.29. The summed E-state index contributed by atoms with van der Waals surface area (Å²) < 4.78 is 5.98. The minimum absolute atomic E-state index is 0.530. The molecule has 1 aromatic heterocycles. The molecule has 0 spiro atoms. The predicted molar refractivity (Wildman–Crippen MR) is 71.2 cm³/mol. The topological polar surface area (TPSA) is 13.1 Å². The first-order valence-electron chi connectivity index (χ1n) is 6.63. The number of fused-ring (bicyclic) bond motifs is 1. The van der Waals surface area contributed by atoms with E-state index in [0.29, 0.717) is 11.3 Å². The van der Waals surface area contributed by atoms with Gasteiger partial charge in [0.05, 0.1) is 0 Å². The summed E-state index contributed by atoms with van der Waals surface area (Å²) in [6, 6.07) is 10.5. The van der Waals surface area contributed by atoms with Crippen LogP contribution in [0.25, 0.3) is 11.0 Å². The Morgan fingerprint density at radius 1 is 1.12 bits per heavy atom. The molecule has 1 aliphatic rings. The summed E-state index contributed by atoms with van der Waals surface area (Å²) in [5.41, 5.74) is 1.56. The van der Waals surface area contributed by atoms with E-state index >= 15 is 0 Å². The van der Waals surface area contributed by atoms with Gasteiger partial charge in [0.25, 0.3) is 0 Å². The van der Waals surface area contributed by atoms with Crippen molar-refractivity contribution in [1.29, 1.82) is 0 Å². The average Bonchev–Trinajstić information content (AvgIpc) is 2.72. The Morgan fingerprint density at radius 2 is 1.82 bits per heavy atom. The maximum absolute atomic E-state index is 5.98. The first-order chi connectivity index (χ1) is 8.14. The van der Waals surface area contributed by atoms with Gasteiger partial charge in [0.1, 0.15) is 11.3 Å². The van der Waals surface area contributed by atoms with Crippen molar-refractivity contribution in [3.8, 4) is 0 Å². The first-order valence-corrected chi connectivity index (χ1v) is 6.63. The molecule has 0 radical (unpaired) electrons. The van der Waals surface area contributed by atoms with E-state index in [0.717, 1.165) is 5.58 Å². The molecule has 0 aliphatic heterocycles. The number of rotatable bonds is 1. The second kappa shape index (κ2) is 3.90. The van der Waals surface area contributed by atoms with Gasteiger partial charge in [-0.2, -0.15) is 0 Å². The Kier molecular flexibility index (Phi) is 2.50. The standard InChI is InChI=1S/C16H20O/c1-16(2)9-7-12(8-10-16)15-11-13-5-3-4-6-14(13)17-15/h3-6,11-12H,7-10H2,1-2H3. The van der Waals surface area contributed by atoms with Crippen LogP contribution in [0.15, 0.2) is 34.7 Å². The predicted octanol–water partition coefficient (Wildman–Crippen LogP) is 5.12. The van der Waals surface area contributed by atoms with Crippen molar-refractivity contribution in [1.82, 2.24) is 0 Å². The van der Waals surface area contributed by atoms with E-state index < -0.39 is 0 Å². The molecule has 1 saturated carbocycles. The van der Waals surface area contributed by atoms with Gasteiger partial charge >= 0.3 is 0 Å². The van der Waals surface area contributed by atoms with Crippen molar-refractivity contribution in [3.05, 3.63) is 36.1 Å². The van der Waals surface area contributed by atoms with Crippen molar-refractivity contribution in [2.75, 3.05) is 0 Å². The number of furan rings is 1. The molecule has 1 fully saturated rings. The molecule has 1 aliphatic carbocycles. The van der Waals surface area contributed by atoms with Crippen LogP contribution in [0, 0.1) is 5.41 Å². The third-order valence-corrected chi connectivity index (χ3v) is 4.19. The lowest BCUT2D eigenvalue weighted by molar-refractivity contribution is 0.213. The van der Waals surface area contributed by atoms with Gasteiger partial charge < -0.3 is 4.42 Å². The number of benzene rings is 1. The van der Waals surface area contributed by atoms with Crippen LogP contribution in [-0.2, 0) is 0 Å². The quantitative estimate of drug-likeness (QED) is 0.660. The van der Waals surface area contributed by atoms with Crippen LogP contribution < -0.4 is 0 Å². The molecular weight excluding hydrogens is 208 g/mol. The van der Waals surface area contributed by atoms with Crippen molar-refractivity contribution < 1.29 is 4.42 Å². The van der Waals surface area contributed by atoms with Crippen LogP contribution in [0.5, 0.6) is 0 Å². The summed E-state index contributed by atoms with van der Waals surface area (Å²) in [4.78, 5) is 0. The summed E-state index contributed by atoms with van der Waals surface area (Å²) in [5, 5.41) is 1.24. The Hall–Kier alpha value is -1.24. The second-order valence-electron chi connectivity index (χ2n) is 6.13. The lowest BCUT2D eigenvalue weighted by Crippen LogP contribution is -2.19. The summed E-state index contributed by atoms with van der Waals surface area (Å²) >= 11 is 0. The number of para-hydroxylation sites is 1. The average molecular weight is 228 g/mol. The Balaban J connectivity index is 1.85. The third-order valence-electron chi connectivity index (χ3n) is 4.19. The zero-order valence-electron chi connectivity index (χ0n) is 10.7. The number of hydrogen-bond donors (Lipinski definition) is 0. The summed E-state index contributed by atoms with van der Waals surface area (Å²) in [5.74, 6) is 1.83. The molecule has 3 rings (SSSR count). The van der Waals surface area contributed by atoms with Crippen LogP contribution in [0.1, 0.15) is 51.2 Å². The number of hydrogen-bond acceptors (Lipinski definition) is 1. The molecule has 0 amide bonds. The normalized spacial score (nSPS) is 20.8.